The molecule has 2 aliphatic rings. The minimum absolute atomic E-state index is 0.333. The standard InChI is InChI=1S/C23H22N2/c1-2-8-18(9-3-1)16-24-17-20-11-5-7-13-22(20)25-15-14-19-10-4-6-12-21(19)23(24)25/h1-13,23H,14-17H2/t23-/m0/s1. The third-order valence-corrected chi connectivity index (χ3v) is 5.50. The number of hydrogen-bond donors (Lipinski definition) is 0. The van der Waals surface area contributed by atoms with Gasteiger partial charge in [0, 0.05) is 25.3 Å². The van der Waals surface area contributed by atoms with Crippen molar-refractivity contribution in [3.05, 3.63) is 101 Å². The molecule has 1 atom stereocenters. The summed E-state index contributed by atoms with van der Waals surface area (Å²) in [5.41, 5.74) is 7.20. The van der Waals surface area contributed by atoms with E-state index >= 15 is 0 Å². The third kappa shape index (κ3) is 2.54. The molecule has 0 unspecified atom stereocenters. The summed E-state index contributed by atoms with van der Waals surface area (Å²) in [6, 6.07) is 28.7. The number of fused-ring (bicyclic) bond motifs is 5. The molecule has 0 amide bonds. The van der Waals surface area contributed by atoms with Crippen molar-refractivity contribution in [1.29, 1.82) is 0 Å². The van der Waals surface area contributed by atoms with E-state index in [-0.39, 0.29) is 0 Å². The highest BCUT2D eigenvalue weighted by Crippen LogP contribution is 2.42. The normalized spacial score (nSPS) is 19.0. The van der Waals surface area contributed by atoms with Gasteiger partial charge in [0.25, 0.3) is 0 Å². The van der Waals surface area contributed by atoms with Gasteiger partial charge < -0.3 is 4.90 Å². The summed E-state index contributed by atoms with van der Waals surface area (Å²) in [6.07, 6.45) is 1.46. The van der Waals surface area contributed by atoms with Gasteiger partial charge >= 0.3 is 0 Å². The van der Waals surface area contributed by atoms with Gasteiger partial charge in [-0.3, -0.25) is 4.90 Å². The van der Waals surface area contributed by atoms with Crippen molar-refractivity contribution >= 4 is 5.69 Å². The van der Waals surface area contributed by atoms with Crippen LogP contribution >= 0.6 is 0 Å². The Morgan fingerprint density at radius 2 is 1.48 bits per heavy atom. The molecule has 0 fully saturated rings. The fourth-order valence-corrected chi connectivity index (χ4v) is 4.38. The molecule has 0 saturated heterocycles. The molecule has 0 aromatic heterocycles. The molecule has 5 rings (SSSR count). The second-order valence-corrected chi connectivity index (χ2v) is 7.04. The summed E-state index contributed by atoms with van der Waals surface area (Å²) in [6.45, 7) is 3.06. The number of anilines is 1. The molecular weight excluding hydrogens is 304 g/mol. The highest BCUT2D eigenvalue weighted by atomic mass is 15.4. The maximum atomic E-state index is 2.62. The first-order chi connectivity index (χ1) is 12.4. The van der Waals surface area contributed by atoms with Gasteiger partial charge in [-0.25, -0.2) is 0 Å². The predicted octanol–water partition coefficient (Wildman–Crippen LogP) is 4.76. The summed E-state index contributed by atoms with van der Waals surface area (Å²) in [7, 11) is 0. The van der Waals surface area contributed by atoms with Gasteiger partial charge in [0.1, 0.15) is 6.17 Å². The van der Waals surface area contributed by atoms with E-state index in [9.17, 15) is 0 Å². The van der Waals surface area contributed by atoms with Crippen LogP contribution in [0.25, 0.3) is 0 Å². The van der Waals surface area contributed by atoms with E-state index in [4.69, 9.17) is 0 Å². The molecule has 2 heteroatoms. The maximum Gasteiger partial charge on any atom is 0.109 e. The van der Waals surface area contributed by atoms with Crippen molar-refractivity contribution in [2.45, 2.75) is 25.7 Å². The predicted molar refractivity (Wildman–Crippen MR) is 102 cm³/mol. The van der Waals surface area contributed by atoms with Gasteiger partial charge in [-0.2, -0.15) is 0 Å². The second-order valence-electron chi connectivity index (χ2n) is 7.04. The van der Waals surface area contributed by atoms with Gasteiger partial charge in [-0.05, 0) is 34.7 Å². The molecule has 0 saturated carbocycles. The number of hydrogen-bond acceptors (Lipinski definition) is 2. The molecule has 2 aliphatic heterocycles. The van der Waals surface area contributed by atoms with E-state index in [1.54, 1.807) is 0 Å². The molecule has 3 aromatic carbocycles. The van der Waals surface area contributed by atoms with Crippen LogP contribution in [0.4, 0.5) is 5.69 Å². The van der Waals surface area contributed by atoms with Crippen LogP contribution in [0.1, 0.15) is 28.4 Å². The Morgan fingerprint density at radius 1 is 0.760 bits per heavy atom. The van der Waals surface area contributed by atoms with E-state index in [1.807, 2.05) is 0 Å². The zero-order valence-electron chi connectivity index (χ0n) is 14.3. The van der Waals surface area contributed by atoms with Gasteiger partial charge in [0.05, 0.1) is 0 Å². The minimum atomic E-state index is 0.333. The molecule has 0 N–H and O–H groups in total. The van der Waals surface area contributed by atoms with E-state index in [2.05, 4.69) is 88.7 Å². The monoisotopic (exact) mass is 326 g/mol. The SMILES string of the molecule is c1ccc(CN2Cc3ccccc3N3CCc4ccccc4[C@@H]23)cc1. The number of benzene rings is 3. The molecule has 0 spiro atoms. The van der Waals surface area contributed by atoms with Crippen LogP contribution in [0, 0.1) is 0 Å². The van der Waals surface area contributed by atoms with Crippen molar-refractivity contribution in [2.75, 3.05) is 11.4 Å². The maximum absolute atomic E-state index is 2.62. The lowest BCUT2D eigenvalue weighted by Crippen LogP contribution is -2.48. The molecule has 2 heterocycles. The molecular formula is C23H22N2. The van der Waals surface area contributed by atoms with Crippen LogP contribution in [0.2, 0.25) is 0 Å². The number of rotatable bonds is 2. The highest BCUT2D eigenvalue weighted by Gasteiger charge is 2.36. The second kappa shape index (κ2) is 6.05. The lowest BCUT2D eigenvalue weighted by Gasteiger charge is -2.49. The number of para-hydroxylation sites is 1. The smallest absolute Gasteiger partial charge is 0.109 e. The zero-order valence-corrected chi connectivity index (χ0v) is 14.3. The lowest BCUT2D eigenvalue weighted by molar-refractivity contribution is 0.155. The first-order valence-corrected chi connectivity index (χ1v) is 9.10. The molecule has 0 aliphatic carbocycles. The topological polar surface area (TPSA) is 6.48 Å². The Balaban J connectivity index is 1.60. The minimum Gasteiger partial charge on any atom is -0.351 e. The average Bonchev–Trinajstić information content (AvgIpc) is 2.68. The Morgan fingerprint density at radius 3 is 2.36 bits per heavy atom. The first-order valence-electron chi connectivity index (χ1n) is 9.10. The van der Waals surface area contributed by atoms with Crippen molar-refractivity contribution in [3.8, 4) is 0 Å². The van der Waals surface area contributed by atoms with E-state index in [1.165, 1.54) is 27.9 Å². The molecule has 2 nitrogen and oxygen atoms in total. The van der Waals surface area contributed by atoms with Crippen molar-refractivity contribution < 1.29 is 0 Å². The molecule has 25 heavy (non-hydrogen) atoms. The quantitative estimate of drug-likeness (QED) is 0.670. The van der Waals surface area contributed by atoms with Gasteiger partial charge in [0.2, 0.25) is 0 Å². The molecule has 3 aromatic rings. The molecule has 0 radical (unpaired) electrons. The van der Waals surface area contributed by atoms with Crippen LogP contribution in [0.5, 0.6) is 0 Å². The Kier molecular flexibility index (Phi) is 3.57. The molecule has 124 valence electrons. The highest BCUT2D eigenvalue weighted by molar-refractivity contribution is 5.59. The van der Waals surface area contributed by atoms with Crippen LogP contribution in [0.15, 0.2) is 78.9 Å². The summed E-state index contributed by atoms with van der Waals surface area (Å²) < 4.78 is 0. The Labute approximate surface area is 149 Å². The Hall–Kier alpha value is -2.58. The van der Waals surface area contributed by atoms with Gasteiger partial charge in [-0.15, -0.1) is 0 Å². The largest absolute Gasteiger partial charge is 0.351 e. The van der Waals surface area contributed by atoms with Crippen molar-refractivity contribution in [1.82, 2.24) is 4.90 Å². The van der Waals surface area contributed by atoms with Crippen LogP contribution in [-0.4, -0.2) is 11.4 Å². The zero-order chi connectivity index (χ0) is 16.6. The van der Waals surface area contributed by atoms with Crippen LogP contribution in [0.3, 0.4) is 0 Å². The number of nitrogens with zero attached hydrogens (tertiary/aromatic N) is 2. The first kappa shape index (κ1) is 14.7. The van der Waals surface area contributed by atoms with Crippen LogP contribution in [-0.2, 0) is 19.5 Å². The summed E-state index contributed by atoms with van der Waals surface area (Å²) in [5, 5.41) is 0. The van der Waals surface area contributed by atoms with E-state index in [0.29, 0.717) is 6.17 Å². The Bertz CT molecular complexity index is 887. The fourth-order valence-electron chi connectivity index (χ4n) is 4.38. The summed E-state index contributed by atoms with van der Waals surface area (Å²) >= 11 is 0. The molecule has 0 bridgehead atoms. The van der Waals surface area contributed by atoms with E-state index in [0.717, 1.165) is 26.1 Å². The van der Waals surface area contributed by atoms with E-state index < -0.39 is 0 Å². The average molecular weight is 326 g/mol. The fraction of sp³-hybridized carbons (Fsp3) is 0.217. The van der Waals surface area contributed by atoms with Crippen LogP contribution < -0.4 is 4.90 Å². The van der Waals surface area contributed by atoms with Crippen molar-refractivity contribution in [2.24, 2.45) is 0 Å². The lowest BCUT2D eigenvalue weighted by atomic mass is 9.92. The van der Waals surface area contributed by atoms with Crippen molar-refractivity contribution in [3.63, 3.8) is 0 Å². The van der Waals surface area contributed by atoms with Gasteiger partial charge in [-0.1, -0.05) is 72.8 Å². The summed E-state index contributed by atoms with van der Waals surface area (Å²) in [4.78, 5) is 5.22. The third-order valence-electron chi connectivity index (χ3n) is 5.50. The van der Waals surface area contributed by atoms with Gasteiger partial charge in [0.15, 0.2) is 0 Å². The summed E-state index contributed by atoms with van der Waals surface area (Å²) in [5.74, 6) is 0.